The summed E-state index contributed by atoms with van der Waals surface area (Å²) in [6, 6.07) is -0.690. The summed E-state index contributed by atoms with van der Waals surface area (Å²) in [6.45, 7) is 5.69. The van der Waals surface area contributed by atoms with Crippen LogP contribution in [0.25, 0.3) is 0 Å². The number of hydrogen-bond donors (Lipinski definition) is 3. The second-order valence-electron chi connectivity index (χ2n) is 2.32. The van der Waals surface area contributed by atoms with E-state index in [4.69, 9.17) is 10.9 Å². The minimum atomic E-state index is -0.934. The quantitative estimate of drug-likeness (QED) is 0.330. The van der Waals surface area contributed by atoms with Gasteiger partial charge in [0.25, 0.3) is 0 Å². The summed E-state index contributed by atoms with van der Waals surface area (Å²) in [6.07, 6.45) is 2.06. The van der Waals surface area contributed by atoms with Crippen LogP contribution in [0.15, 0.2) is 12.7 Å². The summed E-state index contributed by atoms with van der Waals surface area (Å²) >= 11 is 0. The number of carboxylic acids is 1. The van der Waals surface area contributed by atoms with Gasteiger partial charge in [0.05, 0.1) is 0 Å². The number of carbonyl (C=O) groups is 1. The molecular weight excluding hydrogens is 194 g/mol. The molecule has 0 radical (unpaired) electrons. The molecule has 0 aromatic rings. The second kappa shape index (κ2) is 8.00. The van der Waals surface area contributed by atoms with E-state index in [2.05, 4.69) is 12.0 Å². The van der Waals surface area contributed by atoms with Crippen LogP contribution in [-0.4, -0.2) is 28.8 Å². The zero-order chi connectivity index (χ0) is 9.56. The molecule has 4 N–H and O–H groups in total. The van der Waals surface area contributed by atoms with Gasteiger partial charge >= 0.3 is 5.97 Å². The minimum Gasteiger partial charge on any atom is -0.480 e. The Labute approximate surface area is 83.9 Å². The number of hydrogen-bond acceptors (Lipinski definition) is 4. The van der Waals surface area contributed by atoms with Gasteiger partial charge in [0.2, 0.25) is 0 Å². The fourth-order valence-electron chi connectivity index (χ4n) is 0.770. The molecular formula is C7H16ClN3O2. The minimum absolute atomic E-state index is 0. The van der Waals surface area contributed by atoms with Crippen LogP contribution in [0.3, 0.4) is 0 Å². The van der Waals surface area contributed by atoms with E-state index in [-0.39, 0.29) is 12.4 Å². The van der Waals surface area contributed by atoms with Crippen LogP contribution < -0.4 is 11.3 Å². The number of nitrogens with one attached hydrogen (secondary N) is 1. The molecule has 0 saturated carbocycles. The zero-order valence-electron chi connectivity index (χ0n) is 7.56. The Morgan fingerprint density at radius 2 is 2.38 bits per heavy atom. The molecule has 1 atom stereocenters. The highest BCUT2D eigenvalue weighted by Gasteiger charge is 2.20. The van der Waals surface area contributed by atoms with Crippen molar-refractivity contribution in [2.75, 3.05) is 6.54 Å². The Kier molecular flexibility index (Phi) is 9.16. The van der Waals surface area contributed by atoms with Gasteiger partial charge in [-0.1, -0.05) is 13.0 Å². The molecule has 0 saturated heterocycles. The van der Waals surface area contributed by atoms with E-state index >= 15 is 0 Å². The maximum absolute atomic E-state index is 10.5. The summed E-state index contributed by atoms with van der Waals surface area (Å²) in [5.74, 6) is 4.48. The molecule has 13 heavy (non-hydrogen) atoms. The lowest BCUT2D eigenvalue weighted by molar-refractivity contribution is -0.144. The molecule has 0 aliphatic carbocycles. The summed E-state index contributed by atoms with van der Waals surface area (Å²) in [4.78, 5) is 10.5. The smallest absolute Gasteiger partial charge is 0.323 e. The first-order valence-electron chi connectivity index (χ1n) is 3.74. The first-order chi connectivity index (χ1) is 5.63. The number of nitrogens with zero attached hydrogens (tertiary/aromatic N) is 1. The van der Waals surface area contributed by atoms with Crippen molar-refractivity contribution in [1.29, 1.82) is 0 Å². The molecule has 0 rings (SSSR count). The number of carboxylic acid groups (broad SMARTS) is 1. The Morgan fingerprint density at radius 3 is 2.69 bits per heavy atom. The van der Waals surface area contributed by atoms with E-state index in [1.54, 1.807) is 13.0 Å². The molecule has 0 fully saturated rings. The number of nitrogens with two attached hydrogens (primary N) is 1. The number of halogens is 1. The van der Waals surface area contributed by atoms with Gasteiger partial charge in [-0.3, -0.25) is 10.6 Å². The van der Waals surface area contributed by atoms with Crippen LogP contribution >= 0.6 is 12.4 Å². The Hall–Kier alpha value is -0.620. The van der Waals surface area contributed by atoms with Gasteiger partial charge in [-0.05, 0) is 6.42 Å². The van der Waals surface area contributed by atoms with Crippen LogP contribution in [0, 0.1) is 0 Å². The fraction of sp³-hybridized carbons (Fsp3) is 0.571. The van der Waals surface area contributed by atoms with Gasteiger partial charge in [-0.25, -0.2) is 5.43 Å². The van der Waals surface area contributed by atoms with Gasteiger partial charge in [-0.15, -0.1) is 19.0 Å². The Bertz CT molecular complexity index is 166. The van der Waals surface area contributed by atoms with E-state index in [0.717, 1.165) is 5.12 Å². The fourth-order valence-corrected chi connectivity index (χ4v) is 0.770. The molecule has 0 aliphatic heterocycles. The average Bonchev–Trinajstić information content (AvgIpc) is 2.01. The molecule has 0 aliphatic rings. The van der Waals surface area contributed by atoms with Crippen LogP contribution in [0.4, 0.5) is 0 Å². The van der Waals surface area contributed by atoms with Gasteiger partial charge in [0.15, 0.2) is 0 Å². The molecule has 78 valence electrons. The lowest BCUT2D eigenvalue weighted by Gasteiger charge is -2.22. The summed E-state index contributed by atoms with van der Waals surface area (Å²) in [5, 5.41) is 9.74. The lowest BCUT2D eigenvalue weighted by atomic mass is 10.2. The van der Waals surface area contributed by atoms with Crippen molar-refractivity contribution in [1.82, 2.24) is 10.5 Å². The standard InChI is InChI=1S/C7H15N3O2.ClH/c1-3-5-9-10(8)6(4-2)7(11)12;/h3,6,9H,1,4-5,8H2,2H3,(H,11,12);1H/t6-;/m0./s1. The van der Waals surface area contributed by atoms with E-state index in [0.29, 0.717) is 13.0 Å². The van der Waals surface area contributed by atoms with Crippen molar-refractivity contribution >= 4 is 18.4 Å². The lowest BCUT2D eigenvalue weighted by Crippen LogP contribution is -2.53. The molecule has 0 amide bonds. The highest BCUT2D eigenvalue weighted by atomic mass is 35.5. The first kappa shape index (κ1) is 14.9. The number of aliphatic carboxylic acids is 1. The van der Waals surface area contributed by atoms with Crippen molar-refractivity contribution in [2.24, 2.45) is 5.84 Å². The zero-order valence-corrected chi connectivity index (χ0v) is 8.38. The molecule has 0 bridgehead atoms. The van der Waals surface area contributed by atoms with E-state index in [1.807, 2.05) is 0 Å². The third kappa shape index (κ3) is 5.59. The topological polar surface area (TPSA) is 78.6 Å². The van der Waals surface area contributed by atoms with Gasteiger partial charge in [0.1, 0.15) is 6.04 Å². The third-order valence-corrected chi connectivity index (χ3v) is 1.43. The summed E-state index contributed by atoms with van der Waals surface area (Å²) in [5.41, 5.74) is 2.68. The van der Waals surface area contributed by atoms with E-state index in [9.17, 15) is 4.79 Å². The number of hydrazine groups is 2. The maximum atomic E-state index is 10.5. The molecule has 0 aromatic carbocycles. The second-order valence-corrected chi connectivity index (χ2v) is 2.32. The first-order valence-corrected chi connectivity index (χ1v) is 3.74. The Morgan fingerprint density at radius 1 is 1.85 bits per heavy atom. The van der Waals surface area contributed by atoms with Crippen molar-refractivity contribution in [3.05, 3.63) is 12.7 Å². The van der Waals surface area contributed by atoms with Gasteiger partial charge < -0.3 is 5.11 Å². The predicted octanol–water partition coefficient (Wildman–Crippen LogP) is 0.138. The van der Waals surface area contributed by atoms with Crippen LogP contribution in [0.5, 0.6) is 0 Å². The predicted molar refractivity (Wildman–Crippen MR) is 53.2 cm³/mol. The van der Waals surface area contributed by atoms with Crippen LogP contribution in [0.2, 0.25) is 0 Å². The molecule has 0 heterocycles. The molecule has 6 heteroatoms. The highest BCUT2D eigenvalue weighted by molar-refractivity contribution is 5.85. The largest absolute Gasteiger partial charge is 0.480 e. The van der Waals surface area contributed by atoms with Crippen molar-refractivity contribution < 1.29 is 9.90 Å². The van der Waals surface area contributed by atoms with Gasteiger partial charge in [-0.2, -0.15) is 5.12 Å². The van der Waals surface area contributed by atoms with E-state index in [1.165, 1.54) is 0 Å². The van der Waals surface area contributed by atoms with Crippen molar-refractivity contribution in [3.63, 3.8) is 0 Å². The third-order valence-electron chi connectivity index (χ3n) is 1.43. The monoisotopic (exact) mass is 209 g/mol. The summed E-state index contributed by atoms with van der Waals surface area (Å²) in [7, 11) is 0. The van der Waals surface area contributed by atoms with Crippen molar-refractivity contribution in [2.45, 2.75) is 19.4 Å². The van der Waals surface area contributed by atoms with Gasteiger partial charge in [0, 0.05) is 6.54 Å². The van der Waals surface area contributed by atoms with Crippen LogP contribution in [-0.2, 0) is 4.79 Å². The molecule has 0 aromatic heterocycles. The SMILES string of the molecule is C=CCNN(N)[C@@H](CC)C(=O)O.Cl. The normalized spacial score (nSPS) is 11.9. The average molecular weight is 210 g/mol. The highest BCUT2D eigenvalue weighted by Crippen LogP contribution is 1.95. The molecule has 0 unspecified atom stereocenters. The maximum Gasteiger partial charge on any atom is 0.323 e. The summed E-state index contributed by atoms with van der Waals surface area (Å²) < 4.78 is 0. The Balaban J connectivity index is 0. The van der Waals surface area contributed by atoms with E-state index < -0.39 is 12.0 Å². The van der Waals surface area contributed by atoms with Crippen molar-refractivity contribution in [3.8, 4) is 0 Å². The number of rotatable bonds is 6. The molecule has 0 spiro atoms. The van der Waals surface area contributed by atoms with Crippen LogP contribution in [0.1, 0.15) is 13.3 Å². The molecule has 5 nitrogen and oxygen atoms in total.